The van der Waals surface area contributed by atoms with E-state index in [4.69, 9.17) is 23.7 Å². The molecule has 0 spiro atoms. The van der Waals surface area contributed by atoms with Crippen LogP contribution in [0.2, 0.25) is 0 Å². The highest BCUT2D eigenvalue weighted by atomic mass is 16.7. The zero-order valence-corrected chi connectivity index (χ0v) is 15.7. The summed E-state index contributed by atoms with van der Waals surface area (Å²) in [5, 5.41) is 0. The molecular weight excluding hydrogens is 350 g/mol. The lowest BCUT2D eigenvalue weighted by atomic mass is 9.66. The summed E-state index contributed by atoms with van der Waals surface area (Å²) in [6, 6.07) is 2.23. The van der Waals surface area contributed by atoms with E-state index in [1.807, 2.05) is 6.07 Å². The molecule has 7 heteroatoms. The molecule has 3 unspecified atom stereocenters. The lowest BCUT2D eigenvalue weighted by Crippen LogP contribution is -2.52. The van der Waals surface area contributed by atoms with Gasteiger partial charge in [0.1, 0.15) is 0 Å². The fraction of sp³-hybridized carbons (Fsp3) is 0.550. The molecule has 0 amide bonds. The van der Waals surface area contributed by atoms with Crippen LogP contribution in [0.3, 0.4) is 0 Å². The fourth-order valence-electron chi connectivity index (χ4n) is 5.22. The summed E-state index contributed by atoms with van der Waals surface area (Å²) in [6.07, 6.45) is 5.75. The van der Waals surface area contributed by atoms with Crippen molar-refractivity contribution in [3.05, 3.63) is 29.3 Å². The van der Waals surface area contributed by atoms with Gasteiger partial charge in [-0.05, 0) is 24.5 Å². The minimum Gasteiger partial charge on any atom is -0.492 e. The van der Waals surface area contributed by atoms with Crippen molar-refractivity contribution in [1.82, 2.24) is 4.90 Å². The molecule has 3 heterocycles. The van der Waals surface area contributed by atoms with Gasteiger partial charge in [-0.1, -0.05) is 12.2 Å². The molecule has 1 saturated heterocycles. The number of rotatable bonds is 3. The molecule has 0 N–H and O–H groups in total. The van der Waals surface area contributed by atoms with Crippen molar-refractivity contribution >= 4 is 5.97 Å². The number of methoxy groups -OCH3 is 2. The van der Waals surface area contributed by atoms with E-state index in [0.29, 0.717) is 17.2 Å². The van der Waals surface area contributed by atoms with Crippen molar-refractivity contribution in [2.24, 2.45) is 0 Å². The normalized spacial score (nSPS) is 34.8. The summed E-state index contributed by atoms with van der Waals surface area (Å²) in [6.45, 7) is 2.43. The van der Waals surface area contributed by atoms with Crippen molar-refractivity contribution in [3.8, 4) is 17.2 Å². The molecule has 1 aliphatic carbocycles. The molecule has 5 atom stereocenters. The zero-order valence-electron chi connectivity index (χ0n) is 15.7. The molecule has 1 aromatic carbocycles. The number of hydrogen-bond acceptors (Lipinski definition) is 7. The van der Waals surface area contributed by atoms with Crippen LogP contribution in [0.15, 0.2) is 18.2 Å². The predicted octanol–water partition coefficient (Wildman–Crippen LogP) is 2.29. The van der Waals surface area contributed by atoms with Crippen molar-refractivity contribution in [2.75, 3.05) is 27.6 Å². The van der Waals surface area contributed by atoms with Crippen LogP contribution >= 0.6 is 0 Å². The molecule has 1 fully saturated rings. The third-order valence-corrected chi connectivity index (χ3v) is 6.33. The van der Waals surface area contributed by atoms with Gasteiger partial charge in [0.25, 0.3) is 0 Å². The highest BCUT2D eigenvalue weighted by Crippen LogP contribution is 2.60. The first-order chi connectivity index (χ1) is 13.1. The van der Waals surface area contributed by atoms with E-state index in [1.54, 1.807) is 14.2 Å². The summed E-state index contributed by atoms with van der Waals surface area (Å²) >= 11 is 0. The Morgan fingerprint density at radius 3 is 2.93 bits per heavy atom. The number of carbonyl (C=O) groups excluding carboxylic acids is 1. The first-order valence-corrected chi connectivity index (χ1v) is 9.25. The quantitative estimate of drug-likeness (QED) is 0.595. The van der Waals surface area contributed by atoms with Crippen LogP contribution in [0.4, 0.5) is 0 Å². The van der Waals surface area contributed by atoms with Gasteiger partial charge < -0.3 is 23.7 Å². The maximum absolute atomic E-state index is 11.9. The van der Waals surface area contributed by atoms with Gasteiger partial charge in [-0.2, -0.15) is 0 Å². The highest BCUT2D eigenvalue weighted by molar-refractivity contribution is 5.69. The molecule has 0 radical (unpaired) electrons. The number of benzene rings is 1. The number of nitrogens with zero attached hydrogens (tertiary/aromatic N) is 1. The summed E-state index contributed by atoms with van der Waals surface area (Å²) in [7, 11) is 3.34. The Bertz CT molecular complexity index is 836. The first kappa shape index (κ1) is 16.9. The third-order valence-electron chi connectivity index (χ3n) is 6.33. The van der Waals surface area contributed by atoms with Gasteiger partial charge in [0.15, 0.2) is 17.7 Å². The van der Waals surface area contributed by atoms with E-state index in [0.717, 1.165) is 30.5 Å². The van der Waals surface area contributed by atoms with Crippen LogP contribution < -0.4 is 14.2 Å². The molecule has 0 saturated carbocycles. The van der Waals surface area contributed by atoms with Crippen LogP contribution in [-0.4, -0.2) is 50.6 Å². The Balaban J connectivity index is 1.77. The Hall–Kier alpha value is -2.25. The monoisotopic (exact) mass is 373 g/mol. The smallest absolute Gasteiger partial charge is 0.304 e. The van der Waals surface area contributed by atoms with Crippen LogP contribution in [0, 0.1) is 0 Å². The van der Waals surface area contributed by atoms with E-state index in [1.165, 1.54) is 6.92 Å². The lowest BCUT2D eigenvalue weighted by molar-refractivity contribution is -0.161. The standard InChI is InChI=1S/C20H23NO6/c1-11(22)27-19-16-13(9-14-17(18(16)24-3)26-10-25-14)20-5-4-12(23-2)8-15(20)21(19)7-6-20/h4-5,9,12,15,19H,6-8,10H2,1-3H3/t12?,15-,19?,20-/m1/s1. The maximum atomic E-state index is 11.9. The van der Waals surface area contributed by atoms with E-state index >= 15 is 0 Å². The van der Waals surface area contributed by atoms with Crippen LogP contribution in [0.25, 0.3) is 0 Å². The first-order valence-electron chi connectivity index (χ1n) is 9.25. The second-order valence-electron chi connectivity index (χ2n) is 7.48. The summed E-state index contributed by atoms with van der Waals surface area (Å²) in [4.78, 5) is 14.2. The predicted molar refractivity (Wildman–Crippen MR) is 95.0 cm³/mol. The van der Waals surface area contributed by atoms with Crippen molar-refractivity contribution in [1.29, 1.82) is 0 Å². The number of ether oxygens (including phenoxy) is 5. The molecular formula is C20H23NO6. The number of fused-ring (bicyclic) bond motifs is 2. The minimum atomic E-state index is -0.508. The SMILES string of the molecule is COc1c2c(cc3c1C(OC(C)=O)N1CC[C@]34C=CC(OC)C[C@@H]14)OCO2. The highest BCUT2D eigenvalue weighted by Gasteiger charge is 2.58. The molecule has 5 rings (SSSR count). The topological polar surface area (TPSA) is 66.5 Å². The zero-order chi connectivity index (χ0) is 18.8. The van der Waals surface area contributed by atoms with Gasteiger partial charge in [-0.25, -0.2) is 0 Å². The number of hydrogen-bond donors (Lipinski definition) is 0. The Morgan fingerprint density at radius 2 is 2.19 bits per heavy atom. The Morgan fingerprint density at radius 1 is 1.33 bits per heavy atom. The van der Waals surface area contributed by atoms with E-state index in [9.17, 15) is 4.79 Å². The van der Waals surface area contributed by atoms with E-state index in [-0.39, 0.29) is 30.3 Å². The summed E-state index contributed by atoms with van der Waals surface area (Å²) in [5.41, 5.74) is 1.79. The largest absolute Gasteiger partial charge is 0.492 e. The fourth-order valence-corrected chi connectivity index (χ4v) is 5.22. The second kappa shape index (κ2) is 5.87. The summed E-state index contributed by atoms with van der Waals surface area (Å²) in [5.74, 6) is 1.54. The van der Waals surface area contributed by atoms with Crippen molar-refractivity contribution in [2.45, 2.75) is 43.6 Å². The Kier molecular flexibility index (Phi) is 3.67. The molecule has 144 valence electrons. The van der Waals surface area contributed by atoms with Crippen molar-refractivity contribution in [3.63, 3.8) is 0 Å². The second-order valence-corrected chi connectivity index (χ2v) is 7.48. The van der Waals surface area contributed by atoms with Gasteiger partial charge in [0.05, 0.1) is 18.8 Å². The van der Waals surface area contributed by atoms with Crippen LogP contribution in [0.1, 0.15) is 37.1 Å². The maximum Gasteiger partial charge on any atom is 0.304 e. The molecule has 4 aliphatic rings. The molecule has 0 aromatic heterocycles. The van der Waals surface area contributed by atoms with Gasteiger partial charge in [-0.15, -0.1) is 0 Å². The molecule has 2 bridgehead atoms. The third kappa shape index (κ3) is 2.18. The van der Waals surface area contributed by atoms with Gasteiger partial charge in [0.2, 0.25) is 12.5 Å². The number of carbonyl (C=O) groups is 1. The molecule has 27 heavy (non-hydrogen) atoms. The number of esters is 1. The van der Waals surface area contributed by atoms with Crippen LogP contribution in [0.5, 0.6) is 17.2 Å². The molecule has 3 aliphatic heterocycles. The van der Waals surface area contributed by atoms with Gasteiger partial charge in [0, 0.05) is 32.0 Å². The van der Waals surface area contributed by atoms with Gasteiger partial charge in [-0.3, -0.25) is 9.69 Å². The lowest BCUT2D eigenvalue weighted by Gasteiger charge is -2.48. The van der Waals surface area contributed by atoms with E-state index in [2.05, 4.69) is 17.1 Å². The van der Waals surface area contributed by atoms with Gasteiger partial charge >= 0.3 is 5.97 Å². The van der Waals surface area contributed by atoms with Crippen LogP contribution in [-0.2, 0) is 19.7 Å². The average molecular weight is 373 g/mol. The molecule has 7 nitrogen and oxygen atoms in total. The average Bonchev–Trinajstić information content (AvgIpc) is 3.26. The Labute approximate surface area is 157 Å². The summed E-state index contributed by atoms with van der Waals surface area (Å²) < 4.78 is 28.5. The van der Waals surface area contributed by atoms with E-state index < -0.39 is 6.23 Å². The molecule has 1 aromatic rings. The minimum absolute atomic E-state index is 0.0548. The van der Waals surface area contributed by atoms with Crippen molar-refractivity contribution < 1.29 is 28.5 Å².